The summed E-state index contributed by atoms with van der Waals surface area (Å²) in [5.74, 6) is 0.00262. The van der Waals surface area contributed by atoms with Crippen molar-refractivity contribution in [3.8, 4) is 11.8 Å². The van der Waals surface area contributed by atoms with E-state index in [4.69, 9.17) is 10.8 Å². The highest BCUT2D eigenvalue weighted by molar-refractivity contribution is 5.94. The molecular weight excluding hydrogens is 438 g/mol. The number of amides is 1. The van der Waals surface area contributed by atoms with Gasteiger partial charge in [-0.2, -0.15) is 5.26 Å². The van der Waals surface area contributed by atoms with Crippen molar-refractivity contribution < 1.29 is 4.79 Å². The number of rotatable bonds is 4. The first-order valence-corrected chi connectivity index (χ1v) is 11.8. The Morgan fingerprint density at radius 3 is 2.63 bits per heavy atom. The van der Waals surface area contributed by atoms with Gasteiger partial charge in [0.05, 0.1) is 28.5 Å². The van der Waals surface area contributed by atoms with E-state index in [0.29, 0.717) is 30.8 Å². The van der Waals surface area contributed by atoms with Gasteiger partial charge < -0.3 is 14.8 Å². The molecule has 2 aliphatic rings. The molecule has 1 aromatic heterocycles. The van der Waals surface area contributed by atoms with Gasteiger partial charge in [0.25, 0.3) is 5.91 Å². The maximum Gasteiger partial charge on any atom is 0.253 e. The number of piperidine rings is 1. The van der Waals surface area contributed by atoms with Crippen LogP contribution in [0.5, 0.6) is 0 Å². The third-order valence-corrected chi connectivity index (χ3v) is 7.35. The molecule has 3 aromatic rings. The zero-order valence-electron chi connectivity index (χ0n) is 19.9. The summed E-state index contributed by atoms with van der Waals surface area (Å²) in [5.41, 5.74) is 13.8. The second-order valence-corrected chi connectivity index (χ2v) is 9.96. The van der Waals surface area contributed by atoms with Gasteiger partial charge in [-0.25, -0.2) is 0 Å². The molecule has 1 amide bonds. The lowest BCUT2D eigenvalue weighted by Gasteiger charge is -2.46. The summed E-state index contributed by atoms with van der Waals surface area (Å²) in [6.07, 6.45) is 3.68. The molecule has 5 rings (SSSR count). The van der Waals surface area contributed by atoms with E-state index in [-0.39, 0.29) is 16.9 Å². The van der Waals surface area contributed by atoms with Crippen molar-refractivity contribution in [2.75, 3.05) is 25.0 Å². The highest BCUT2D eigenvalue weighted by atomic mass is 16.2. The number of azide groups is 1. The monoisotopic (exact) mass is 465 g/mol. The molecule has 1 spiro atoms. The molecule has 8 nitrogen and oxygen atoms in total. The molecule has 0 aliphatic carbocycles. The highest BCUT2D eigenvalue weighted by Gasteiger charge is 2.42. The van der Waals surface area contributed by atoms with Crippen LogP contribution in [0.2, 0.25) is 0 Å². The predicted molar refractivity (Wildman–Crippen MR) is 134 cm³/mol. The summed E-state index contributed by atoms with van der Waals surface area (Å²) >= 11 is 0. The molecule has 1 saturated heterocycles. The number of hydrogen-bond donors (Lipinski definition) is 1. The molecule has 35 heavy (non-hydrogen) atoms. The highest BCUT2D eigenvalue weighted by Crippen LogP contribution is 2.44. The number of likely N-dealkylation sites (tertiary alicyclic amines) is 1. The summed E-state index contributed by atoms with van der Waals surface area (Å²) < 4.78 is 2.25. The number of nitrogens with zero attached hydrogens (tertiary/aromatic N) is 6. The van der Waals surface area contributed by atoms with Crippen molar-refractivity contribution in [1.82, 2.24) is 9.47 Å². The Balaban J connectivity index is 1.39. The fourth-order valence-electron chi connectivity index (χ4n) is 5.20. The maximum atomic E-state index is 13.1. The molecule has 0 saturated carbocycles. The summed E-state index contributed by atoms with van der Waals surface area (Å²) in [6, 6.07) is 19.5. The van der Waals surface area contributed by atoms with E-state index in [2.05, 4.69) is 76.4 Å². The first kappa shape index (κ1) is 22.6. The number of hydrogen-bond acceptors (Lipinski definition) is 4. The molecule has 8 heteroatoms. The minimum absolute atomic E-state index is 0.00262. The second kappa shape index (κ2) is 8.53. The Morgan fingerprint density at radius 2 is 1.94 bits per heavy atom. The van der Waals surface area contributed by atoms with E-state index >= 15 is 0 Å². The van der Waals surface area contributed by atoms with Gasteiger partial charge in [0, 0.05) is 42.0 Å². The molecule has 0 unspecified atom stereocenters. The minimum atomic E-state index is -0.277. The van der Waals surface area contributed by atoms with Crippen molar-refractivity contribution in [2.24, 2.45) is 5.11 Å². The lowest BCUT2D eigenvalue weighted by atomic mass is 9.80. The van der Waals surface area contributed by atoms with Crippen LogP contribution in [0.1, 0.15) is 53.9 Å². The van der Waals surface area contributed by atoms with Crippen molar-refractivity contribution in [1.29, 1.82) is 5.26 Å². The van der Waals surface area contributed by atoms with E-state index in [1.54, 1.807) is 24.3 Å². The fraction of sp³-hybridized carbons (Fsp3) is 0.333. The number of fused-ring (bicyclic) bond motifs is 4. The lowest BCUT2D eigenvalue weighted by Crippen LogP contribution is -2.51. The third kappa shape index (κ3) is 3.90. The normalized spacial score (nSPS) is 15.9. The van der Waals surface area contributed by atoms with Gasteiger partial charge in [0.2, 0.25) is 0 Å². The van der Waals surface area contributed by atoms with E-state index in [0.717, 1.165) is 29.8 Å². The van der Waals surface area contributed by atoms with Gasteiger partial charge >= 0.3 is 0 Å². The van der Waals surface area contributed by atoms with Gasteiger partial charge in [-0.15, -0.1) is 0 Å². The van der Waals surface area contributed by atoms with Crippen LogP contribution in [-0.4, -0.2) is 35.0 Å². The van der Waals surface area contributed by atoms with Gasteiger partial charge in [-0.3, -0.25) is 4.79 Å². The SMILES string of the molecule is CC(C)(CN=[N+]=[N-])c1ccc2c(c1)-n1cccc1C1(CCN(C(=O)c3ccc(C#N)cc3)CC1)N2. The molecule has 0 atom stereocenters. The Hall–Kier alpha value is -4.21. The van der Waals surface area contributed by atoms with E-state index in [1.165, 1.54) is 5.69 Å². The van der Waals surface area contributed by atoms with Crippen LogP contribution in [0.3, 0.4) is 0 Å². The fourth-order valence-corrected chi connectivity index (χ4v) is 5.20. The molecule has 3 heterocycles. The molecule has 1 fully saturated rings. The average molecular weight is 466 g/mol. The molecule has 0 bridgehead atoms. The van der Waals surface area contributed by atoms with Crippen LogP contribution in [0.25, 0.3) is 16.1 Å². The average Bonchev–Trinajstić information content (AvgIpc) is 3.39. The number of nitriles is 1. The van der Waals surface area contributed by atoms with Gasteiger partial charge in [-0.1, -0.05) is 25.0 Å². The van der Waals surface area contributed by atoms with Crippen LogP contribution in [-0.2, 0) is 11.0 Å². The Bertz CT molecular complexity index is 1370. The molecular formula is C27H27N7O. The van der Waals surface area contributed by atoms with Gasteiger partial charge in [0.1, 0.15) is 0 Å². The Morgan fingerprint density at radius 1 is 1.20 bits per heavy atom. The second-order valence-electron chi connectivity index (χ2n) is 9.96. The number of carbonyl (C=O) groups excluding carboxylic acids is 1. The van der Waals surface area contributed by atoms with Crippen LogP contribution in [0.4, 0.5) is 5.69 Å². The summed E-state index contributed by atoms with van der Waals surface area (Å²) in [7, 11) is 0. The van der Waals surface area contributed by atoms with E-state index < -0.39 is 0 Å². The largest absolute Gasteiger partial charge is 0.372 e. The van der Waals surface area contributed by atoms with Gasteiger partial charge in [-0.05, 0) is 77.9 Å². The van der Waals surface area contributed by atoms with E-state index in [1.807, 2.05) is 4.90 Å². The summed E-state index contributed by atoms with van der Waals surface area (Å²) in [6.45, 7) is 5.84. The number of anilines is 1. The summed E-state index contributed by atoms with van der Waals surface area (Å²) in [4.78, 5) is 17.9. The molecule has 2 aliphatic heterocycles. The molecule has 2 aromatic carbocycles. The van der Waals surface area contributed by atoms with E-state index in [9.17, 15) is 4.79 Å². The summed E-state index contributed by atoms with van der Waals surface area (Å²) in [5, 5.41) is 16.6. The number of benzene rings is 2. The standard InChI is InChI=1S/C27H27N7O/c1-26(2,18-30-32-29)21-9-10-22-23(16-21)34-13-3-4-24(34)27(31-22)11-14-33(15-12-27)25(35)20-7-5-19(17-28)6-8-20/h3-10,13,16,31H,11-12,14-15,18H2,1-2H3. The van der Waals surface area contributed by atoms with Crippen molar-refractivity contribution >= 4 is 11.6 Å². The number of carbonyl (C=O) groups is 1. The zero-order valence-corrected chi connectivity index (χ0v) is 19.9. The first-order chi connectivity index (χ1) is 16.9. The van der Waals surface area contributed by atoms with Crippen molar-refractivity contribution in [3.63, 3.8) is 0 Å². The first-order valence-electron chi connectivity index (χ1n) is 11.8. The predicted octanol–water partition coefficient (Wildman–Crippen LogP) is 5.49. The number of nitrogens with one attached hydrogen (secondary N) is 1. The van der Waals surface area contributed by atoms with Crippen LogP contribution in [0, 0.1) is 11.3 Å². The molecule has 176 valence electrons. The van der Waals surface area contributed by atoms with Crippen molar-refractivity contribution in [2.45, 2.75) is 37.6 Å². The topological polar surface area (TPSA) is 110 Å². The van der Waals surface area contributed by atoms with Crippen LogP contribution < -0.4 is 5.32 Å². The van der Waals surface area contributed by atoms with Crippen LogP contribution >= 0.6 is 0 Å². The van der Waals surface area contributed by atoms with Crippen LogP contribution in [0.15, 0.2) is 65.9 Å². The third-order valence-electron chi connectivity index (χ3n) is 7.35. The zero-order chi connectivity index (χ0) is 24.6. The smallest absolute Gasteiger partial charge is 0.253 e. The quantitative estimate of drug-likeness (QED) is 0.312. The lowest BCUT2D eigenvalue weighted by molar-refractivity contribution is 0.0676. The molecule has 1 N–H and O–H groups in total. The van der Waals surface area contributed by atoms with Gasteiger partial charge in [0.15, 0.2) is 0 Å². The van der Waals surface area contributed by atoms with Crippen molar-refractivity contribution in [3.05, 3.63) is 93.6 Å². The molecule has 0 radical (unpaired) electrons. The Labute approximate surface area is 204 Å². The Kier molecular flexibility index (Phi) is 5.50. The number of aromatic nitrogens is 1. The minimum Gasteiger partial charge on any atom is -0.372 e. The maximum absolute atomic E-state index is 13.1.